The second-order valence-electron chi connectivity index (χ2n) is 8.52. The molecular weight excluding hydrogens is 352 g/mol. The standard InChI is InChI=1S/C20H28O7/c1-12(2)17(21)22-11-13-14-15(25-19(24-14)7-3-4-8-19)16-18(23-13)27-20(26-16)9-5-6-10-20/h13-16,18H,1,3-11H2,2H3/t13-,14-,15+,16+,18+/m1/s1. The maximum absolute atomic E-state index is 11.9. The first-order chi connectivity index (χ1) is 13.0. The predicted molar refractivity (Wildman–Crippen MR) is 92.5 cm³/mol. The summed E-state index contributed by atoms with van der Waals surface area (Å²) in [7, 11) is 0. The van der Waals surface area contributed by atoms with Gasteiger partial charge in [-0.25, -0.2) is 4.79 Å². The Bertz CT molecular complexity index is 620. The molecule has 7 nitrogen and oxygen atoms in total. The van der Waals surface area contributed by atoms with Crippen LogP contribution in [0.5, 0.6) is 0 Å². The summed E-state index contributed by atoms with van der Waals surface area (Å²) >= 11 is 0. The van der Waals surface area contributed by atoms with Gasteiger partial charge in [-0.1, -0.05) is 6.58 Å². The Balaban J connectivity index is 1.37. The van der Waals surface area contributed by atoms with Crippen LogP contribution in [0.15, 0.2) is 12.2 Å². The molecule has 0 amide bonds. The van der Waals surface area contributed by atoms with E-state index in [1.165, 1.54) is 0 Å². The molecule has 0 aromatic rings. The number of esters is 1. The van der Waals surface area contributed by atoms with Gasteiger partial charge in [-0.2, -0.15) is 0 Å². The maximum Gasteiger partial charge on any atom is 0.333 e. The van der Waals surface area contributed by atoms with Gasteiger partial charge < -0.3 is 28.4 Å². The predicted octanol–water partition coefficient (Wildman–Crippen LogP) is 2.57. The van der Waals surface area contributed by atoms with Gasteiger partial charge in [-0.3, -0.25) is 0 Å². The summed E-state index contributed by atoms with van der Waals surface area (Å²) < 4.78 is 37.0. The van der Waals surface area contributed by atoms with Crippen LogP contribution in [-0.4, -0.2) is 54.9 Å². The number of hydrogen-bond donors (Lipinski definition) is 0. The first-order valence-electron chi connectivity index (χ1n) is 10.2. The van der Waals surface area contributed by atoms with Crippen LogP contribution in [0.3, 0.4) is 0 Å². The van der Waals surface area contributed by atoms with Crippen molar-refractivity contribution in [2.24, 2.45) is 0 Å². The van der Waals surface area contributed by atoms with Crippen molar-refractivity contribution in [3.8, 4) is 0 Å². The van der Waals surface area contributed by atoms with E-state index in [-0.39, 0.29) is 24.9 Å². The zero-order chi connectivity index (χ0) is 18.6. The molecule has 0 unspecified atom stereocenters. The van der Waals surface area contributed by atoms with Gasteiger partial charge in [0.2, 0.25) is 0 Å². The fourth-order valence-electron chi connectivity index (χ4n) is 5.10. The van der Waals surface area contributed by atoms with Crippen LogP contribution >= 0.6 is 0 Å². The van der Waals surface area contributed by atoms with Gasteiger partial charge in [-0.15, -0.1) is 0 Å². The highest BCUT2D eigenvalue weighted by atomic mass is 16.9. The smallest absolute Gasteiger partial charge is 0.333 e. The van der Waals surface area contributed by atoms with Crippen LogP contribution in [-0.2, 0) is 33.2 Å². The number of carbonyl (C=O) groups excluding carboxylic acids is 1. The minimum atomic E-state index is -0.558. The third-order valence-electron chi connectivity index (χ3n) is 6.43. The van der Waals surface area contributed by atoms with Crippen molar-refractivity contribution in [1.82, 2.24) is 0 Å². The Morgan fingerprint density at radius 3 is 2.11 bits per heavy atom. The van der Waals surface area contributed by atoms with E-state index in [0.29, 0.717) is 5.57 Å². The van der Waals surface area contributed by atoms with Gasteiger partial charge in [0.25, 0.3) is 0 Å². The molecule has 0 aromatic carbocycles. The molecular formula is C20H28O7. The normalized spacial score (nSPS) is 41.0. The Morgan fingerprint density at radius 2 is 1.48 bits per heavy atom. The van der Waals surface area contributed by atoms with E-state index in [0.717, 1.165) is 51.4 Å². The summed E-state index contributed by atoms with van der Waals surface area (Å²) in [5.41, 5.74) is 0.362. The molecule has 2 aliphatic carbocycles. The molecule has 2 spiro atoms. The largest absolute Gasteiger partial charge is 0.459 e. The van der Waals surface area contributed by atoms with Gasteiger partial charge in [-0.05, 0) is 32.6 Å². The number of ether oxygens (including phenoxy) is 6. The lowest BCUT2D eigenvalue weighted by atomic mass is 9.99. The Kier molecular flexibility index (Phi) is 4.37. The monoisotopic (exact) mass is 380 g/mol. The van der Waals surface area contributed by atoms with Crippen molar-refractivity contribution in [2.45, 2.75) is 101 Å². The van der Waals surface area contributed by atoms with Crippen molar-refractivity contribution in [3.05, 3.63) is 12.2 Å². The van der Waals surface area contributed by atoms with Crippen molar-refractivity contribution in [1.29, 1.82) is 0 Å². The molecule has 5 atom stereocenters. The minimum Gasteiger partial charge on any atom is -0.459 e. The van der Waals surface area contributed by atoms with Crippen LogP contribution in [0.1, 0.15) is 58.3 Å². The number of rotatable bonds is 3. The van der Waals surface area contributed by atoms with E-state index in [2.05, 4.69) is 6.58 Å². The lowest BCUT2D eigenvalue weighted by Crippen LogP contribution is -2.56. The van der Waals surface area contributed by atoms with Gasteiger partial charge >= 0.3 is 5.97 Å². The summed E-state index contributed by atoms with van der Waals surface area (Å²) in [6.07, 6.45) is 6.00. The topological polar surface area (TPSA) is 72.5 Å². The molecule has 5 rings (SSSR count). The summed E-state index contributed by atoms with van der Waals surface area (Å²) in [5, 5.41) is 0. The van der Waals surface area contributed by atoms with Gasteiger partial charge in [0.1, 0.15) is 31.0 Å². The van der Waals surface area contributed by atoms with Crippen LogP contribution < -0.4 is 0 Å². The molecule has 3 heterocycles. The molecule has 0 radical (unpaired) electrons. The van der Waals surface area contributed by atoms with Gasteiger partial charge in [0.15, 0.2) is 17.9 Å². The highest BCUT2D eigenvalue weighted by Gasteiger charge is 2.64. The number of fused-ring (bicyclic) bond motifs is 3. The second-order valence-corrected chi connectivity index (χ2v) is 8.52. The third kappa shape index (κ3) is 3.04. The Morgan fingerprint density at radius 1 is 0.926 bits per heavy atom. The summed E-state index contributed by atoms with van der Waals surface area (Å²) in [5.74, 6) is -1.54. The van der Waals surface area contributed by atoms with Crippen LogP contribution in [0.4, 0.5) is 0 Å². The van der Waals surface area contributed by atoms with Gasteiger partial charge in [0.05, 0.1) is 0 Å². The van der Waals surface area contributed by atoms with E-state index in [4.69, 9.17) is 28.4 Å². The van der Waals surface area contributed by atoms with Crippen LogP contribution in [0.25, 0.3) is 0 Å². The molecule has 2 saturated carbocycles. The Hall–Kier alpha value is -0.990. The van der Waals surface area contributed by atoms with E-state index in [9.17, 15) is 4.79 Å². The van der Waals surface area contributed by atoms with Crippen LogP contribution in [0.2, 0.25) is 0 Å². The van der Waals surface area contributed by atoms with E-state index >= 15 is 0 Å². The summed E-state index contributed by atoms with van der Waals surface area (Å²) in [4.78, 5) is 11.9. The fraction of sp³-hybridized carbons (Fsp3) is 0.850. The first kappa shape index (κ1) is 18.1. The molecule has 7 heteroatoms. The van der Waals surface area contributed by atoms with Crippen LogP contribution in [0, 0.1) is 0 Å². The highest BCUT2D eigenvalue weighted by molar-refractivity contribution is 5.86. The number of hydrogen-bond acceptors (Lipinski definition) is 7. The fourth-order valence-corrected chi connectivity index (χ4v) is 5.10. The third-order valence-corrected chi connectivity index (χ3v) is 6.43. The molecule has 150 valence electrons. The summed E-state index contributed by atoms with van der Waals surface area (Å²) in [6, 6.07) is 0. The van der Waals surface area contributed by atoms with Crippen molar-refractivity contribution >= 4 is 5.97 Å². The lowest BCUT2D eigenvalue weighted by Gasteiger charge is -2.36. The lowest BCUT2D eigenvalue weighted by molar-refractivity contribution is -0.247. The number of carbonyl (C=O) groups is 1. The molecule has 0 bridgehead atoms. The molecule has 5 fully saturated rings. The van der Waals surface area contributed by atoms with E-state index < -0.39 is 29.9 Å². The quantitative estimate of drug-likeness (QED) is 0.550. The zero-order valence-electron chi connectivity index (χ0n) is 15.8. The van der Waals surface area contributed by atoms with Crippen molar-refractivity contribution in [3.63, 3.8) is 0 Å². The highest BCUT2D eigenvalue weighted by Crippen LogP contribution is 2.51. The van der Waals surface area contributed by atoms with E-state index in [1.54, 1.807) is 6.92 Å². The average molecular weight is 380 g/mol. The van der Waals surface area contributed by atoms with E-state index in [1.807, 2.05) is 0 Å². The Labute approximate surface area is 159 Å². The average Bonchev–Trinajstić information content (AvgIpc) is 3.41. The minimum absolute atomic E-state index is 0.0892. The molecule has 3 aliphatic heterocycles. The molecule has 0 N–H and O–H groups in total. The molecule has 0 aromatic heterocycles. The molecule has 3 saturated heterocycles. The molecule has 27 heavy (non-hydrogen) atoms. The maximum atomic E-state index is 11.9. The van der Waals surface area contributed by atoms with Gasteiger partial charge in [0, 0.05) is 31.3 Å². The SMILES string of the molecule is C=C(C)C(=O)OC[C@H]1O[C@H]2OC3(CCCC3)O[C@H]2[C@H]2OC3(CCCC3)O[C@@H]21. The summed E-state index contributed by atoms with van der Waals surface area (Å²) in [6.45, 7) is 5.35. The van der Waals surface area contributed by atoms with Crippen molar-refractivity contribution < 1.29 is 33.2 Å². The zero-order valence-corrected chi connectivity index (χ0v) is 15.8. The second kappa shape index (κ2) is 6.52. The molecule has 5 aliphatic rings. The first-order valence-corrected chi connectivity index (χ1v) is 10.2. The van der Waals surface area contributed by atoms with Crippen molar-refractivity contribution in [2.75, 3.05) is 6.61 Å².